The summed E-state index contributed by atoms with van der Waals surface area (Å²) >= 11 is 1.74. The van der Waals surface area contributed by atoms with E-state index in [4.69, 9.17) is 0 Å². The zero-order chi connectivity index (χ0) is 11.4. The second-order valence-electron chi connectivity index (χ2n) is 3.53. The summed E-state index contributed by atoms with van der Waals surface area (Å²) in [5.41, 5.74) is 1.25. The molecule has 0 unspecified atom stereocenters. The summed E-state index contributed by atoms with van der Waals surface area (Å²) in [5, 5.41) is 9.12. The molecule has 0 radical (unpaired) electrons. The third-order valence-corrected chi connectivity index (χ3v) is 3.45. The van der Waals surface area contributed by atoms with E-state index in [1.807, 2.05) is 12.1 Å². The Kier molecular flexibility index (Phi) is 3.54. The van der Waals surface area contributed by atoms with Gasteiger partial charge in [-0.2, -0.15) is 0 Å². The third kappa shape index (κ3) is 2.40. The van der Waals surface area contributed by atoms with Gasteiger partial charge in [-0.25, -0.2) is 0 Å². The van der Waals surface area contributed by atoms with Crippen LogP contribution in [0, 0.1) is 0 Å². The molecule has 16 heavy (non-hydrogen) atoms. The number of carbonyl (C=O) groups excluding carboxylic acids is 1. The predicted octanol–water partition coefficient (Wildman–Crippen LogP) is 1.74. The van der Waals surface area contributed by atoms with Gasteiger partial charge in [-0.3, -0.25) is 4.79 Å². The summed E-state index contributed by atoms with van der Waals surface area (Å²) < 4.78 is 1.29. The summed E-state index contributed by atoms with van der Waals surface area (Å²) in [7, 11) is 1.64. The molecule has 1 heterocycles. The summed E-state index contributed by atoms with van der Waals surface area (Å²) in [4.78, 5) is 11.0. The molecule has 2 N–H and O–H groups in total. The van der Waals surface area contributed by atoms with Crippen LogP contribution in [0.3, 0.4) is 0 Å². The van der Waals surface area contributed by atoms with Gasteiger partial charge in [0.2, 0.25) is 5.91 Å². The fourth-order valence-corrected chi connectivity index (χ4v) is 2.53. The van der Waals surface area contributed by atoms with Crippen LogP contribution in [0.15, 0.2) is 29.6 Å². The van der Waals surface area contributed by atoms with E-state index in [1.54, 1.807) is 18.4 Å². The van der Waals surface area contributed by atoms with E-state index in [0.717, 1.165) is 6.54 Å². The van der Waals surface area contributed by atoms with Crippen LogP contribution < -0.4 is 10.6 Å². The van der Waals surface area contributed by atoms with Gasteiger partial charge >= 0.3 is 0 Å². The predicted molar refractivity (Wildman–Crippen MR) is 67.6 cm³/mol. The van der Waals surface area contributed by atoms with Gasteiger partial charge < -0.3 is 10.6 Å². The van der Waals surface area contributed by atoms with E-state index in [0.29, 0.717) is 6.54 Å². The number of nitrogens with one attached hydrogen (secondary N) is 2. The van der Waals surface area contributed by atoms with Crippen molar-refractivity contribution in [2.45, 2.75) is 6.54 Å². The zero-order valence-corrected chi connectivity index (χ0v) is 9.93. The molecule has 0 spiro atoms. The number of likely N-dealkylation sites (N-methyl/N-ethyl adjacent to an activating group) is 1. The molecule has 1 amide bonds. The molecule has 0 atom stereocenters. The minimum Gasteiger partial charge on any atom is -0.358 e. The summed E-state index contributed by atoms with van der Waals surface area (Å²) in [6.07, 6.45) is 0. The Balaban J connectivity index is 2.02. The molecule has 0 bridgehead atoms. The van der Waals surface area contributed by atoms with Crippen molar-refractivity contribution in [2.75, 3.05) is 13.6 Å². The molecular weight excluding hydrogens is 220 g/mol. The van der Waals surface area contributed by atoms with Crippen molar-refractivity contribution in [1.29, 1.82) is 0 Å². The van der Waals surface area contributed by atoms with Gasteiger partial charge in [0.25, 0.3) is 0 Å². The Morgan fingerprint density at radius 3 is 3.00 bits per heavy atom. The first-order chi connectivity index (χ1) is 7.81. The summed E-state index contributed by atoms with van der Waals surface area (Å²) in [6.45, 7) is 1.10. The lowest BCUT2D eigenvalue weighted by Gasteiger charge is -2.02. The largest absolute Gasteiger partial charge is 0.358 e. The lowest BCUT2D eigenvalue weighted by molar-refractivity contribution is -0.119. The highest BCUT2D eigenvalue weighted by Gasteiger charge is 2.03. The maximum atomic E-state index is 11.0. The van der Waals surface area contributed by atoms with Crippen LogP contribution in [0.25, 0.3) is 10.1 Å². The number of hydrogen-bond acceptors (Lipinski definition) is 3. The molecule has 84 valence electrons. The van der Waals surface area contributed by atoms with Crippen LogP contribution >= 0.6 is 11.3 Å². The molecule has 3 nitrogen and oxygen atoms in total. The van der Waals surface area contributed by atoms with Crippen molar-refractivity contribution in [3.63, 3.8) is 0 Å². The molecule has 0 aliphatic heterocycles. The molecule has 1 aromatic carbocycles. The Hall–Kier alpha value is -1.39. The van der Waals surface area contributed by atoms with Crippen molar-refractivity contribution in [1.82, 2.24) is 10.6 Å². The van der Waals surface area contributed by atoms with Crippen molar-refractivity contribution < 1.29 is 4.79 Å². The molecule has 2 aromatic rings. The fraction of sp³-hybridized carbons (Fsp3) is 0.250. The topological polar surface area (TPSA) is 41.1 Å². The van der Waals surface area contributed by atoms with E-state index >= 15 is 0 Å². The zero-order valence-electron chi connectivity index (χ0n) is 9.12. The molecule has 1 aromatic heterocycles. The minimum atomic E-state index is 0.0135. The summed E-state index contributed by atoms with van der Waals surface area (Å²) in [6, 6.07) is 8.31. The van der Waals surface area contributed by atoms with Crippen molar-refractivity contribution in [3.8, 4) is 0 Å². The van der Waals surface area contributed by atoms with Gasteiger partial charge in [-0.1, -0.05) is 18.2 Å². The highest BCUT2D eigenvalue weighted by molar-refractivity contribution is 7.17. The Morgan fingerprint density at radius 2 is 2.19 bits per heavy atom. The van der Waals surface area contributed by atoms with Crippen LogP contribution in [0.1, 0.15) is 5.56 Å². The SMILES string of the molecule is CNC(=O)CNCc1csc2ccccc12. The van der Waals surface area contributed by atoms with E-state index in [-0.39, 0.29) is 5.91 Å². The Morgan fingerprint density at radius 1 is 1.38 bits per heavy atom. The molecular formula is C12H14N2OS. The van der Waals surface area contributed by atoms with Gasteiger partial charge in [-0.05, 0) is 22.4 Å². The second kappa shape index (κ2) is 5.09. The number of rotatable bonds is 4. The summed E-state index contributed by atoms with van der Waals surface area (Å²) in [5.74, 6) is 0.0135. The first-order valence-electron chi connectivity index (χ1n) is 5.17. The van der Waals surface area contributed by atoms with E-state index in [2.05, 4.69) is 28.1 Å². The maximum absolute atomic E-state index is 11.0. The smallest absolute Gasteiger partial charge is 0.233 e. The molecule has 2 rings (SSSR count). The first-order valence-corrected chi connectivity index (χ1v) is 6.05. The average Bonchev–Trinajstić information content (AvgIpc) is 2.73. The van der Waals surface area contributed by atoms with Crippen molar-refractivity contribution in [2.24, 2.45) is 0 Å². The Bertz CT molecular complexity index is 492. The normalized spacial score (nSPS) is 10.6. The van der Waals surface area contributed by atoms with Crippen molar-refractivity contribution >= 4 is 27.3 Å². The van der Waals surface area contributed by atoms with Gasteiger partial charge in [0, 0.05) is 18.3 Å². The molecule has 0 aliphatic carbocycles. The maximum Gasteiger partial charge on any atom is 0.233 e. The van der Waals surface area contributed by atoms with E-state index < -0.39 is 0 Å². The van der Waals surface area contributed by atoms with Crippen LogP contribution in [0.5, 0.6) is 0 Å². The second-order valence-corrected chi connectivity index (χ2v) is 4.45. The van der Waals surface area contributed by atoms with Gasteiger partial charge in [0.05, 0.1) is 6.54 Å². The quantitative estimate of drug-likeness (QED) is 0.846. The van der Waals surface area contributed by atoms with Gasteiger partial charge in [0.15, 0.2) is 0 Å². The lowest BCUT2D eigenvalue weighted by atomic mass is 10.2. The highest BCUT2D eigenvalue weighted by Crippen LogP contribution is 2.25. The minimum absolute atomic E-state index is 0.0135. The molecule has 0 aliphatic rings. The lowest BCUT2D eigenvalue weighted by Crippen LogP contribution is -2.30. The standard InChI is InChI=1S/C12H14N2OS/c1-13-12(15)7-14-6-9-8-16-11-5-3-2-4-10(9)11/h2-5,8,14H,6-7H2,1H3,(H,13,15). The fourth-order valence-electron chi connectivity index (χ4n) is 1.57. The number of thiophene rings is 1. The molecule has 0 saturated heterocycles. The first kappa shape index (κ1) is 11.1. The average molecular weight is 234 g/mol. The molecule has 4 heteroatoms. The number of fused-ring (bicyclic) bond motifs is 1. The monoisotopic (exact) mass is 234 g/mol. The molecule has 0 fully saturated rings. The van der Waals surface area contributed by atoms with Crippen molar-refractivity contribution in [3.05, 3.63) is 35.2 Å². The molecule has 0 saturated carbocycles. The third-order valence-electron chi connectivity index (χ3n) is 2.44. The number of benzene rings is 1. The highest BCUT2D eigenvalue weighted by atomic mass is 32.1. The van der Waals surface area contributed by atoms with Crippen LogP contribution in [0.4, 0.5) is 0 Å². The Labute approximate surface area is 98.5 Å². The van der Waals surface area contributed by atoms with Crippen LogP contribution in [-0.4, -0.2) is 19.5 Å². The van der Waals surface area contributed by atoms with Crippen LogP contribution in [0.2, 0.25) is 0 Å². The van der Waals surface area contributed by atoms with Gasteiger partial charge in [0.1, 0.15) is 0 Å². The van der Waals surface area contributed by atoms with E-state index in [9.17, 15) is 4.79 Å². The number of hydrogen-bond donors (Lipinski definition) is 2. The van der Waals surface area contributed by atoms with E-state index in [1.165, 1.54) is 15.6 Å². The van der Waals surface area contributed by atoms with Crippen LogP contribution in [-0.2, 0) is 11.3 Å². The number of carbonyl (C=O) groups is 1. The van der Waals surface area contributed by atoms with Gasteiger partial charge in [-0.15, -0.1) is 11.3 Å². The number of amides is 1.